The van der Waals surface area contributed by atoms with Crippen molar-refractivity contribution in [2.75, 3.05) is 96.7 Å². The molecule has 2 amide bonds. The van der Waals surface area contributed by atoms with Crippen molar-refractivity contribution in [3.05, 3.63) is 29.8 Å². The summed E-state index contributed by atoms with van der Waals surface area (Å²) in [4.78, 5) is 36.0. The maximum Gasteiger partial charge on any atom is 0.236 e. The molecule has 0 radical (unpaired) electrons. The average Bonchev–Trinajstić information content (AvgIpc) is 2.80. The molecule has 0 aliphatic carbocycles. The molecule has 3 fully saturated rings. The lowest BCUT2D eigenvalue weighted by atomic mass is 10.2. The van der Waals surface area contributed by atoms with Crippen LogP contribution >= 0.6 is 0 Å². The Kier molecular flexibility index (Phi) is 7.42. The Bertz CT molecular complexity index is 751. The Morgan fingerprint density at radius 3 is 1.90 bits per heavy atom. The van der Waals surface area contributed by atoms with Crippen molar-refractivity contribution in [3.8, 4) is 0 Å². The summed E-state index contributed by atoms with van der Waals surface area (Å²) >= 11 is 0. The zero-order chi connectivity index (χ0) is 21.6. The maximum atomic E-state index is 12.8. The molecule has 3 heterocycles. The van der Waals surface area contributed by atoms with E-state index in [1.54, 1.807) is 0 Å². The first-order valence-electron chi connectivity index (χ1n) is 11.5. The quantitative estimate of drug-likeness (QED) is 0.663. The fourth-order valence-corrected chi connectivity index (χ4v) is 4.54. The number of hydrogen-bond donors (Lipinski definition) is 0. The average molecular weight is 430 g/mol. The molecular weight excluding hydrogens is 394 g/mol. The van der Waals surface area contributed by atoms with Crippen molar-refractivity contribution in [1.29, 1.82) is 0 Å². The van der Waals surface area contributed by atoms with Gasteiger partial charge in [-0.3, -0.25) is 19.4 Å². The molecule has 4 rings (SSSR count). The largest absolute Gasteiger partial charge is 0.379 e. The van der Waals surface area contributed by atoms with E-state index in [0.29, 0.717) is 39.4 Å². The smallest absolute Gasteiger partial charge is 0.236 e. The van der Waals surface area contributed by atoms with Gasteiger partial charge in [-0.05, 0) is 24.6 Å². The standard InChI is InChI=1S/C23H35N5O3/c1-20-3-2-4-21(17-20)26-9-11-28(12-10-26)22(29)18-24-5-7-27(8-6-24)23(30)19-25-13-15-31-16-14-25/h2-4,17H,5-16,18-19H2,1H3. The first-order chi connectivity index (χ1) is 15.1. The van der Waals surface area contributed by atoms with E-state index in [0.717, 1.165) is 52.4 Å². The van der Waals surface area contributed by atoms with Gasteiger partial charge in [-0.1, -0.05) is 12.1 Å². The zero-order valence-corrected chi connectivity index (χ0v) is 18.7. The predicted molar refractivity (Wildman–Crippen MR) is 120 cm³/mol. The second-order valence-corrected chi connectivity index (χ2v) is 8.75. The van der Waals surface area contributed by atoms with Gasteiger partial charge in [-0.15, -0.1) is 0 Å². The fraction of sp³-hybridized carbons (Fsp3) is 0.652. The molecule has 0 N–H and O–H groups in total. The Hall–Kier alpha value is -2.16. The lowest BCUT2D eigenvalue weighted by Crippen LogP contribution is -2.55. The Labute approximate surface area is 185 Å². The molecule has 170 valence electrons. The number of aryl methyl sites for hydroxylation is 1. The highest BCUT2D eigenvalue weighted by Gasteiger charge is 2.27. The van der Waals surface area contributed by atoms with Gasteiger partial charge in [-0.25, -0.2) is 0 Å². The summed E-state index contributed by atoms with van der Waals surface area (Å²) in [5.41, 5.74) is 2.50. The molecule has 3 aliphatic rings. The number of carbonyl (C=O) groups is 2. The monoisotopic (exact) mass is 429 g/mol. The topological polar surface area (TPSA) is 59.6 Å². The van der Waals surface area contributed by atoms with Crippen LogP contribution in [0.5, 0.6) is 0 Å². The maximum absolute atomic E-state index is 12.8. The minimum absolute atomic E-state index is 0.195. The second kappa shape index (κ2) is 10.4. The first kappa shape index (κ1) is 22.0. The van der Waals surface area contributed by atoms with E-state index in [9.17, 15) is 9.59 Å². The van der Waals surface area contributed by atoms with Gasteiger partial charge < -0.3 is 19.4 Å². The molecule has 0 aromatic heterocycles. The lowest BCUT2D eigenvalue weighted by molar-refractivity contribution is -0.136. The highest BCUT2D eigenvalue weighted by molar-refractivity contribution is 5.79. The molecule has 0 atom stereocenters. The number of amides is 2. The normalized spacial score (nSPS) is 21.4. The Balaban J connectivity index is 1.17. The van der Waals surface area contributed by atoms with E-state index >= 15 is 0 Å². The van der Waals surface area contributed by atoms with Gasteiger partial charge in [0.15, 0.2) is 0 Å². The molecule has 8 nitrogen and oxygen atoms in total. The number of carbonyl (C=O) groups excluding carboxylic acids is 2. The van der Waals surface area contributed by atoms with Crippen LogP contribution in [0, 0.1) is 6.92 Å². The van der Waals surface area contributed by atoms with Gasteiger partial charge in [0.05, 0.1) is 26.3 Å². The van der Waals surface area contributed by atoms with Crippen LogP contribution in [-0.4, -0.2) is 123 Å². The Morgan fingerprint density at radius 1 is 0.774 bits per heavy atom. The molecule has 1 aromatic rings. The molecule has 3 aliphatic heterocycles. The molecule has 1 aromatic carbocycles. The van der Waals surface area contributed by atoms with Crippen LogP contribution in [0.3, 0.4) is 0 Å². The number of nitrogens with zero attached hydrogens (tertiary/aromatic N) is 5. The number of piperazine rings is 2. The number of anilines is 1. The van der Waals surface area contributed by atoms with Crippen LogP contribution in [0.1, 0.15) is 5.56 Å². The minimum atomic E-state index is 0.195. The third-order valence-corrected chi connectivity index (χ3v) is 6.55. The van der Waals surface area contributed by atoms with Crippen molar-refractivity contribution >= 4 is 17.5 Å². The highest BCUT2D eigenvalue weighted by atomic mass is 16.5. The molecule has 0 unspecified atom stereocenters. The van der Waals surface area contributed by atoms with Crippen molar-refractivity contribution in [3.63, 3.8) is 0 Å². The second-order valence-electron chi connectivity index (χ2n) is 8.75. The van der Waals surface area contributed by atoms with Gasteiger partial charge >= 0.3 is 0 Å². The molecule has 8 heteroatoms. The molecule has 0 saturated carbocycles. The van der Waals surface area contributed by atoms with Crippen LogP contribution < -0.4 is 4.90 Å². The van der Waals surface area contributed by atoms with Gasteiger partial charge in [0.2, 0.25) is 11.8 Å². The summed E-state index contributed by atoms with van der Waals surface area (Å²) in [6, 6.07) is 8.55. The highest BCUT2D eigenvalue weighted by Crippen LogP contribution is 2.18. The summed E-state index contributed by atoms with van der Waals surface area (Å²) < 4.78 is 5.35. The van der Waals surface area contributed by atoms with Crippen molar-refractivity contribution < 1.29 is 14.3 Å². The predicted octanol–water partition coefficient (Wildman–Crippen LogP) is 0.120. The van der Waals surface area contributed by atoms with E-state index in [-0.39, 0.29) is 11.8 Å². The lowest BCUT2D eigenvalue weighted by Gasteiger charge is -2.39. The Morgan fingerprint density at radius 2 is 1.32 bits per heavy atom. The molecule has 3 saturated heterocycles. The first-order valence-corrected chi connectivity index (χ1v) is 11.5. The number of ether oxygens (including phenoxy) is 1. The molecule has 0 spiro atoms. The van der Waals surface area contributed by atoms with E-state index in [1.165, 1.54) is 11.3 Å². The van der Waals surface area contributed by atoms with Crippen molar-refractivity contribution in [2.24, 2.45) is 0 Å². The third kappa shape index (κ3) is 5.96. The number of morpholine rings is 1. The summed E-state index contributed by atoms with van der Waals surface area (Å²) in [5, 5.41) is 0. The van der Waals surface area contributed by atoms with E-state index < -0.39 is 0 Å². The van der Waals surface area contributed by atoms with Crippen LogP contribution in [0.15, 0.2) is 24.3 Å². The van der Waals surface area contributed by atoms with Gasteiger partial charge in [0, 0.05) is 71.1 Å². The van der Waals surface area contributed by atoms with Gasteiger partial charge in [0.1, 0.15) is 0 Å². The van der Waals surface area contributed by atoms with Gasteiger partial charge in [0.25, 0.3) is 0 Å². The molecule has 0 bridgehead atoms. The van der Waals surface area contributed by atoms with Crippen LogP contribution in [-0.2, 0) is 14.3 Å². The number of rotatable bonds is 5. The van der Waals surface area contributed by atoms with Crippen LogP contribution in [0.25, 0.3) is 0 Å². The summed E-state index contributed by atoms with van der Waals surface area (Å²) in [6.07, 6.45) is 0. The van der Waals surface area contributed by atoms with Gasteiger partial charge in [-0.2, -0.15) is 0 Å². The summed E-state index contributed by atoms with van der Waals surface area (Å²) in [5.74, 6) is 0.400. The number of benzene rings is 1. The van der Waals surface area contributed by atoms with E-state index in [1.807, 2.05) is 9.80 Å². The SMILES string of the molecule is Cc1cccc(N2CCN(C(=O)CN3CCN(C(=O)CN4CCOCC4)CC3)CC2)c1. The zero-order valence-electron chi connectivity index (χ0n) is 18.7. The fourth-order valence-electron chi connectivity index (χ4n) is 4.54. The van der Waals surface area contributed by atoms with E-state index in [2.05, 4.69) is 45.9 Å². The molecule has 31 heavy (non-hydrogen) atoms. The number of hydrogen-bond acceptors (Lipinski definition) is 6. The van der Waals surface area contributed by atoms with Crippen molar-refractivity contribution in [2.45, 2.75) is 6.92 Å². The van der Waals surface area contributed by atoms with E-state index in [4.69, 9.17) is 4.74 Å². The van der Waals surface area contributed by atoms with Crippen molar-refractivity contribution in [1.82, 2.24) is 19.6 Å². The summed E-state index contributed by atoms with van der Waals surface area (Å²) in [6.45, 7) is 12.4. The minimum Gasteiger partial charge on any atom is -0.379 e. The summed E-state index contributed by atoms with van der Waals surface area (Å²) in [7, 11) is 0. The third-order valence-electron chi connectivity index (χ3n) is 6.55. The van der Waals surface area contributed by atoms with Crippen LogP contribution in [0.4, 0.5) is 5.69 Å². The van der Waals surface area contributed by atoms with Crippen LogP contribution in [0.2, 0.25) is 0 Å². The molecular formula is C23H35N5O3.